The van der Waals surface area contributed by atoms with Crippen LogP contribution in [0.25, 0.3) is 11.0 Å². The smallest absolute Gasteiger partial charge is 0.418 e. The van der Waals surface area contributed by atoms with Gasteiger partial charge in [0.2, 0.25) is 11.3 Å². The minimum absolute atomic E-state index is 0.100. The molecule has 2 aromatic carbocycles. The largest absolute Gasteiger partial charge is 0.497 e. The van der Waals surface area contributed by atoms with E-state index in [2.05, 4.69) is 10.3 Å². The molecule has 7 nitrogen and oxygen atoms in total. The summed E-state index contributed by atoms with van der Waals surface area (Å²) in [4.78, 5) is 43.4. The number of aryl methyl sites for hydroxylation is 1. The molecule has 2 aromatic heterocycles. The second-order valence-electron chi connectivity index (χ2n) is 7.97. The molecule has 0 aliphatic heterocycles. The summed E-state index contributed by atoms with van der Waals surface area (Å²) in [6.45, 7) is 1.20. The SMILES string of the molecule is COc1ccc(C(=O)c2cn(CC(=O)Nc3ccccc3C(F)(F)F)c3nc(C)ccc3c2=O)cc1. The van der Waals surface area contributed by atoms with Crippen molar-refractivity contribution in [3.8, 4) is 5.75 Å². The van der Waals surface area contributed by atoms with E-state index in [1.807, 2.05) is 0 Å². The Morgan fingerprint density at radius 2 is 1.72 bits per heavy atom. The average molecular weight is 495 g/mol. The average Bonchev–Trinajstić information content (AvgIpc) is 2.85. The van der Waals surface area contributed by atoms with Gasteiger partial charge in [0.15, 0.2) is 5.78 Å². The number of carbonyl (C=O) groups is 2. The van der Waals surface area contributed by atoms with Gasteiger partial charge in [0.05, 0.1) is 29.3 Å². The third-order valence-electron chi connectivity index (χ3n) is 5.48. The Bertz CT molecular complexity index is 1530. The summed E-state index contributed by atoms with van der Waals surface area (Å²) in [6, 6.07) is 13.8. The molecule has 0 unspecified atom stereocenters. The van der Waals surface area contributed by atoms with Gasteiger partial charge in [0.1, 0.15) is 17.9 Å². The molecule has 0 radical (unpaired) electrons. The van der Waals surface area contributed by atoms with E-state index < -0.39 is 41.1 Å². The minimum Gasteiger partial charge on any atom is -0.497 e. The van der Waals surface area contributed by atoms with E-state index in [1.54, 1.807) is 25.1 Å². The molecule has 10 heteroatoms. The first-order chi connectivity index (χ1) is 17.1. The third-order valence-corrected chi connectivity index (χ3v) is 5.48. The van der Waals surface area contributed by atoms with Crippen molar-refractivity contribution in [1.29, 1.82) is 0 Å². The summed E-state index contributed by atoms with van der Waals surface area (Å²) < 4.78 is 46.4. The zero-order valence-electron chi connectivity index (χ0n) is 19.2. The summed E-state index contributed by atoms with van der Waals surface area (Å²) in [7, 11) is 1.48. The van der Waals surface area contributed by atoms with Crippen molar-refractivity contribution in [3.05, 3.63) is 99.5 Å². The number of ether oxygens (including phenoxy) is 1. The van der Waals surface area contributed by atoms with Crippen LogP contribution in [-0.4, -0.2) is 28.4 Å². The van der Waals surface area contributed by atoms with Gasteiger partial charge in [-0.25, -0.2) is 4.98 Å². The molecule has 1 N–H and O–H groups in total. The maximum absolute atomic E-state index is 13.3. The Labute approximate surface area is 203 Å². The number of methoxy groups -OCH3 is 1. The van der Waals surface area contributed by atoms with E-state index in [4.69, 9.17) is 4.74 Å². The van der Waals surface area contributed by atoms with Crippen LogP contribution in [0, 0.1) is 6.92 Å². The molecule has 0 aliphatic carbocycles. The molecule has 0 bridgehead atoms. The van der Waals surface area contributed by atoms with Gasteiger partial charge in [-0.05, 0) is 55.5 Å². The first-order valence-electron chi connectivity index (χ1n) is 10.7. The fraction of sp³-hybridized carbons (Fsp3) is 0.154. The summed E-state index contributed by atoms with van der Waals surface area (Å²) >= 11 is 0. The second-order valence-corrected chi connectivity index (χ2v) is 7.97. The number of aromatic nitrogens is 2. The lowest BCUT2D eigenvalue weighted by Gasteiger charge is -2.16. The van der Waals surface area contributed by atoms with Gasteiger partial charge in [0, 0.05) is 17.5 Å². The number of pyridine rings is 2. The van der Waals surface area contributed by atoms with E-state index in [-0.39, 0.29) is 22.2 Å². The fourth-order valence-electron chi connectivity index (χ4n) is 3.72. The lowest BCUT2D eigenvalue weighted by Crippen LogP contribution is -2.25. The predicted molar refractivity (Wildman–Crippen MR) is 127 cm³/mol. The van der Waals surface area contributed by atoms with Crippen molar-refractivity contribution < 1.29 is 27.5 Å². The van der Waals surface area contributed by atoms with Gasteiger partial charge in [-0.1, -0.05) is 12.1 Å². The van der Waals surface area contributed by atoms with Crippen LogP contribution in [0.3, 0.4) is 0 Å². The van der Waals surface area contributed by atoms with Crippen molar-refractivity contribution in [3.63, 3.8) is 0 Å². The number of anilines is 1. The number of nitrogens with zero attached hydrogens (tertiary/aromatic N) is 2. The lowest BCUT2D eigenvalue weighted by molar-refractivity contribution is -0.137. The molecule has 0 saturated carbocycles. The third kappa shape index (κ3) is 4.97. The minimum atomic E-state index is -4.66. The van der Waals surface area contributed by atoms with Crippen LogP contribution >= 0.6 is 0 Å². The summed E-state index contributed by atoms with van der Waals surface area (Å²) in [5.41, 5.74) is -1.27. The van der Waals surface area contributed by atoms with Crippen LogP contribution in [0.2, 0.25) is 0 Å². The number of ketones is 1. The normalized spacial score (nSPS) is 11.4. The van der Waals surface area contributed by atoms with E-state index in [0.29, 0.717) is 11.4 Å². The highest BCUT2D eigenvalue weighted by Gasteiger charge is 2.33. The molecule has 0 fully saturated rings. The molecule has 0 aliphatic rings. The number of amides is 1. The molecule has 36 heavy (non-hydrogen) atoms. The highest BCUT2D eigenvalue weighted by Crippen LogP contribution is 2.34. The van der Waals surface area contributed by atoms with Crippen molar-refractivity contribution >= 4 is 28.4 Å². The standard InChI is InChI=1S/C26H20F3N3O4/c1-15-7-12-18-24(35)19(23(34)16-8-10-17(36-2)11-9-16)13-32(25(18)30-15)14-22(33)31-21-6-4-3-5-20(21)26(27,28)29/h3-13H,14H2,1-2H3,(H,31,33). The quantitative estimate of drug-likeness (QED) is 0.395. The van der Waals surface area contributed by atoms with Crippen molar-refractivity contribution in [2.24, 2.45) is 0 Å². The Balaban J connectivity index is 1.75. The summed E-state index contributed by atoms with van der Waals surface area (Å²) in [6.07, 6.45) is -3.45. The van der Waals surface area contributed by atoms with E-state index in [1.165, 1.54) is 48.2 Å². The van der Waals surface area contributed by atoms with Crippen molar-refractivity contribution in [2.45, 2.75) is 19.6 Å². The Kier molecular flexibility index (Phi) is 6.61. The molecule has 0 spiro atoms. The first-order valence-corrected chi connectivity index (χ1v) is 10.7. The summed E-state index contributed by atoms with van der Waals surface area (Å²) in [5, 5.41) is 2.37. The number of nitrogens with one attached hydrogen (secondary N) is 1. The van der Waals surface area contributed by atoms with Crippen molar-refractivity contribution in [1.82, 2.24) is 9.55 Å². The number of halogens is 3. The molecule has 0 saturated heterocycles. The second kappa shape index (κ2) is 9.65. The maximum Gasteiger partial charge on any atom is 0.418 e. The van der Waals surface area contributed by atoms with Gasteiger partial charge in [-0.15, -0.1) is 0 Å². The van der Waals surface area contributed by atoms with Crippen molar-refractivity contribution in [2.75, 3.05) is 12.4 Å². The molecule has 2 heterocycles. The molecular weight excluding hydrogens is 475 g/mol. The van der Waals surface area contributed by atoms with Crippen LogP contribution in [0.5, 0.6) is 5.75 Å². The van der Waals surface area contributed by atoms with Crippen LogP contribution in [-0.2, 0) is 17.5 Å². The number of para-hydroxylation sites is 1. The van der Waals surface area contributed by atoms with Gasteiger partial charge < -0.3 is 14.6 Å². The zero-order chi connectivity index (χ0) is 26.0. The first kappa shape index (κ1) is 24.6. The molecular formula is C26H20F3N3O4. The Morgan fingerprint density at radius 1 is 1.03 bits per heavy atom. The summed E-state index contributed by atoms with van der Waals surface area (Å²) in [5.74, 6) is -0.845. The van der Waals surface area contributed by atoms with Crippen LogP contribution in [0.1, 0.15) is 27.2 Å². The molecule has 1 amide bonds. The molecule has 4 rings (SSSR count). The number of alkyl halides is 3. The van der Waals surface area contributed by atoms with Crippen LogP contribution < -0.4 is 15.5 Å². The van der Waals surface area contributed by atoms with Crippen LogP contribution in [0.15, 0.2) is 71.7 Å². The topological polar surface area (TPSA) is 90.3 Å². The predicted octanol–water partition coefficient (Wildman–Crippen LogP) is 4.60. The number of rotatable bonds is 6. The van der Waals surface area contributed by atoms with Gasteiger partial charge >= 0.3 is 6.18 Å². The van der Waals surface area contributed by atoms with Crippen LogP contribution in [0.4, 0.5) is 18.9 Å². The number of benzene rings is 2. The highest BCUT2D eigenvalue weighted by atomic mass is 19.4. The van der Waals surface area contributed by atoms with E-state index in [0.717, 1.165) is 12.1 Å². The van der Waals surface area contributed by atoms with Gasteiger partial charge in [-0.3, -0.25) is 14.4 Å². The highest BCUT2D eigenvalue weighted by molar-refractivity contribution is 6.10. The molecule has 0 atom stereocenters. The van der Waals surface area contributed by atoms with Gasteiger partial charge in [0.25, 0.3) is 0 Å². The number of carbonyl (C=O) groups excluding carboxylic acids is 2. The molecule has 4 aromatic rings. The van der Waals surface area contributed by atoms with E-state index >= 15 is 0 Å². The zero-order valence-corrected chi connectivity index (χ0v) is 19.2. The Morgan fingerprint density at radius 3 is 2.39 bits per heavy atom. The number of fused-ring (bicyclic) bond motifs is 1. The maximum atomic E-state index is 13.3. The lowest BCUT2D eigenvalue weighted by atomic mass is 10.0. The number of hydrogen-bond donors (Lipinski definition) is 1. The fourth-order valence-corrected chi connectivity index (χ4v) is 3.72. The Hall–Kier alpha value is -4.47. The number of hydrogen-bond acceptors (Lipinski definition) is 5. The van der Waals surface area contributed by atoms with E-state index in [9.17, 15) is 27.6 Å². The molecule has 184 valence electrons. The monoisotopic (exact) mass is 495 g/mol. The van der Waals surface area contributed by atoms with Gasteiger partial charge in [-0.2, -0.15) is 13.2 Å².